The first-order chi connectivity index (χ1) is 5.13. The Bertz CT molecular complexity index is 263. The fourth-order valence-corrected chi connectivity index (χ4v) is 1.08. The van der Waals surface area contributed by atoms with Gasteiger partial charge in [-0.2, -0.15) is 0 Å². The number of hydrogen-bond acceptors (Lipinski definition) is 1. The molecule has 1 nitrogen and oxygen atoms in total. The minimum Gasteiger partial charge on any atom is -0.263 e. The summed E-state index contributed by atoms with van der Waals surface area (Å²) >= 11 is 3.12. The van der Waals surface area contributed by atoms with Crippen LogP contribution in [0, 0.1) is 6.92 Å². The molecule has 4 heteroatoms. The fraction of sp³-hybridized carbons (Fsp3) is 0.286. The van der Waals surface area contributed by atoms with Gasteiger partial charge in [-0.3, -0.25) is 4.98 Å². The van der Waals surface area contributed by atoms with Gasteiger partial charge in [-0.15, -0.1) is 0 Å². The second-order valence-corrected chi connectivity index (χ2v) is 2.99. The topological polar surface area (TPSA) is 12.9 Å². The highest BCUT2D eigenvalue weighted by molar-refractivity contribution is 9.10. The second kappa shape index (κ2) is 3.26. The van der Waals surface area contributed by atoms with Gasteiger partial charge in [0.2, 0.25) is 0 Å². The summed E-state index contributed by atoms with van der Waals surface area (Å²) in [6.45, 7) is 1.63. The van der Waals surface area contributed by atoms with Crippen LogP contribution in [0.5, 0.6) is 0 Å². The molecule has 0 saturated heterocycles. The minimum absolute atomic E-state index is 0.0145. The first-order valence-corrected chi connectivity index (χ1v) is 3.80. The Labute approximate surface area is 71.6 Å². The second-order valence-electron chi connectivity index (χ2n) is 2.14. The standard InChI is InChI=1S/C7H6BrF2N/c1-4-5(7(9)10)2-11-3-6(4)8/h2-3,7H,1H3. The summed E-state index contributed by atoms with van der Waals surface area (Å²) in [6.07, 6.45) is 0.242. The normalized spacial score (nSPS) is 10.6. The van der Waals surface area contributed by atoms with Gasteiger partial charge in [0.15, 0.2) is 0 Å². The van der Waals surface area contributed by atoms with E-state index < -0.39 is 6.43 Å². The quantitative estimate of drug-likeness (QED) is 0.711. The molecule has 0 fully saturated rings. The monoisotopic (exact) mass is 221 g/mol. The van der Waals surface area contributed by atoms with E-state index in [1.165, 1.54) is 12.4 Å². The summed E-state index contributed by atoms with van der Waals surface area (Å²) in [5, 5.41) is 0. The lowest BCUT2D eigenvalue weighted by atomic mass is 10.2. The van der Waals surface area contributed by atoms with Gasteiger partial charge >= 0.3 is 0 Å². The van der Waals surface area contributed by atoms with Gasteiger partial charge in [-0.25, -0.2) is 8.78 Å². The molecule has 1 rings (SSSR count). The summed E-state index contributed by atoms with van der Waals surface area (Å²) in [5.41, 5.74) is 0.536. The lowest BCUT2D eigenvalue weighted by molar-refractivity contribution is 0.150. The molecule has 0 aliphatic rings. The van der Waals surface area contributed by atoms with Crippen molar-refractivity contribution in [2.75, 3.05) is 0 Å². The van der Waals surface area contributed by atoms with Gasteiger partial charge in [0.1, 0.15) is 0 Å². The van der Waals surface area contributed by atoms with E-state index in [2.05, 4.69) is 20.9 Å². The Hall–Kier alpha value is -0.510. The van der Waals surface area contributed by atoms with Crippen LogP contribution in [-0.2, 0) is 0 Å². The Balaban J connectivity index is 3.17. The highest BCUT2D eigenvalue weighted by Crippen LogP contribution is 2.25. The van der Waals surface area contributed by atoms with E-state index >= 15 is 0 Å². The number of rotatable bonds is 1. The molecule has 0 N–H and O–H groups in total. The zero-order valence-corrected chi connectivity index (χ0v) is 7.40. The summed E-state index contributed by atoms with van der Waals surface area (Å²) in [7, 11) is 0. The molecule has 0 aliphatic carbocycles. The van der Waals surface area contributed by atoms with Crippen molar-refractivity contribution >= 4 is 15.9 Å². The van der Waals surface area contributed by atoms with E-state index in [0.717, 1.165) is 0 Å². The van der Waals surface area contributed by atoms with Crippen LogP contribution >= 0.6 is 15.9 Å². The van der Waals surface area contributed by atoms with E-state index in [0.29, 0.717) is 10.0 Å². The molecule has 60 valence electrons. The summed E-state index contributed by atoms with van der Waals surface area (Å²) in [4.78, 5) is 3.64. The first-order valence-electron chi connectivity index (χ1n) is 3.01. The molecule has 11 heavy (non-hydrogen) atoms. The van der Waals surface area contributed by atoms with E-state index in [9.17, 15) is 8.78 Å². The predicted octanol–water partition coefficient (Wildman–Crippen LogP) is 3.09. The minimum atomic E-state index is -2.44. The van der Waals surface area contributed by atoms with Crippen molar-refractivity contribution in [3.05, 3.63) is 28.0 Å². The van der Waals surface area contributed by atoms with Gasteiger partial charge in [0.25, 0.3) is 6.43 Å². The lowest BCUT2D eigenvalue weighted by Gasteiger charge is -2.03. The van der Waals surface area contributed by atoms with E-state index in [1.54, 1.807) is 6.92 Å². The molecule has 0 amide bonds. The Kier molecular flexibility index (Phi) is 2.54. The van der Waals surface area contributed by atoms with Crippen LogP contribution in [0.25, 0.3) is 0 Å². The van der Waals surface area contributed by atoms with E-state index in [1.807, 2.05) is 0 Å². The van der Waals surface area contributed by atoms with Crippen LogP contribution in [-0.4, -0.2) is 4.98 Å². The Morgan fingerprint density at radius 3 is 2.55 bits per heavy atom. The van der Waals surface area contributed by atoms with Gasteiger partial charge in [-0.1, -0.05) is 0 Å². The number of pyridine rings is 1. The van der Waals surface area contributed by atoms with Gasteiger partial charge < -0.3 is 0 Å². The maximum atomic E-state index is 12.1. The number of halogens is 3. The molecule has 1 heterocycles. The maximum Gasteiger partial charge on any atom is 0.265 e. The van der Waals surface area contributed by atoms with Crippen LogP contribution in [0.15, 0.2) is 16.9 Å². The van der Waals surface area contributed by atoms with Crippen LogP contribution in [0.3, 0.4) is 0 Å². The van der Waals surface area contributed by atoms with Crippen molar-refractivity contribution in [2.45, 2.75) is 13.3 Å². The molecule has 0 atom stereocenters. The van der Waals surface area contributed by atoms with E-state index in [-0.39, 0.29) is 5.56 Å². The molecular weight excluding hydrogens is 216 g/mol. The first kappa shape index (κ1) is 8.59. The lowest BCUT2D eigenvalue weighted by Crippen LogP contribution is -1.91. The van der Waals surface area contributed by atoms with Crippen LogP contribution in [0.1, 0.15) is 17.6 Å². The Morgan fingerprint density at radius 1 is 1.45 bits per heavy atom. The smallest absolute Gasteiger partial charge is 0.263 e. The Morgan fingerprint density at radius 2 is 2.09 bits per heavy atom. The van der Waals surface area contributed by atoms with Gasteiger partial charge in [-0.05, 0) is 28.4 Å². The molecule has 0 bridgehead atoms. The van der Waals surface area contributed by atoms with Gasteiger partial charge in [0, 0.05) is 22.4 Å². The number of hydrogen-bond donors (Lipinski definition) is 0. The van der Waals surface area contributed by atoms with Crippen LogP contribution < -0.4 is 0 Å². The van der Waals surface area contributed by atoms with Gasteiger partial charge in [0.05, 0.1) is 0 Å². The molecule has 1 aromatic heterocycles. The maximum absolute atomic E-state index is 12.1. The zero-order valence-electron chi connectivity index (χ0n) is 5.81. The van der Waals surface area contributed by atoms with Crippen molar-refractivity contribution in [2.24, 2.45) is 0 Å². The third kappa shape index (κ3) is 1.74. The molecule has 1 aromatic rings. The van der Waals surface area contributed by atoms with Crippen molar-refractivity contribution in [1.29, 1.82) is 0 Å². The summed E-state index contributed by atoms with van der Waals surface area (Å²) in [6, 6.07) is 0. The third-order valence-electron chi connectivity index (χ3n) is 1.43. The highest BCUT2D eigenvalue weighted by atomic mass is 79.9. The zero-order chi connectivity index (χ0) is 8.43. The van der Waals surface area contributed by atoms with Crippen molar-refractivity contribution in [3.8, 4) is 0 Å². The number of nitrogens with zero attached hydrogens (tertiary/aromatic N) is 1. The summed E-state index contributed by atoms with van der Waals surface area (Å²) < 4.78 is 24.9. The number of aromatic nitrogens is 1. The van der Waals surface area contributed by atoms with Crippen molar-refractivity contribution in [3.63, 3.8) is 0 Å². The SMILES string of the molecule is Cc1c(Br)cncc1C(F)F. The largest absolute Gasteiger partial charge is 0.265 e. The molecular formula is C7H6BrF2N. The average molecular weight is 222 g/mol. The molecule has 0 aromatic carbocycles. The number of alkyl halides is 2. The van der Waals surface area contributed by atoms with Crippen LogP contribution in [0.2, 0.25) is 0 Å². The highest BCUT2D eigenvalue weighted by Gasteiger charge is 2.11. The van der Waals surface area contributed by atoms with Crippen LogP contribution in [0.4, 0.5) is 8.78 Å². The van der Waals surface area contributed by atoms with Crippen molar-refractivity contribution in [1.82, 2.24) is 4.98 Å². The molecule has 0 saturated carbocycles. The third-order valence-corrected chi connectivity index (χ3v) is 2.23. The fourth-order valence-electron chi connectivity index (χ4n) is 0.735. The summed E-state index contributed by atoms with van der Waals surface area (Å²) in [5.74, 6) is 0. The molecule has 0 unspecified atom stereocenters. The predicted molar refractivity (Wildman–Crippen MR) is 41.6 cm³/mol. The van der Waals surface area contributed by atoms with Crippen molar-refractivity contribution < 1.29 is 8.78 Å². The average Bonchev–Trinajstić information content (AvgIpc) is 1.94. The molecule has 0 radical (unpaired) electrons. The molecule has 0 aliphatic heterocycles. The molecule has 0 spiro atoms. The van der Waals surface area contributed by atoms with E-state index in [4.69, 9.17) is 0 Å².